The lowest BCUT2D eigenvalue weighted by atomic mass is 9.74. The Hall–Kier alpha value is -4.05. The first-order chi connectivity index (χ1) is 22.7. The van der Waals surface area contributed by atoms with Crippen molar-refractivity contribution in [3.8, 4) is 5.75 Å². The maximum absolute atomic E-state index is 15.1. The second-order valence-corrected chi connectivity index (χ2v) is 14.7. The molecule has 2 fully saturated rings. The molecule has 47 heavy (non-hydrogen) atoms. The van der Waals surface area contributed by atoms with Crippen LogP contribution in [0.2, 0.25) is 5.02 Å². The molecule has 242 valence electrons. The molecule has 0 bridgehead atoms. The molecule has 3 aromatic carbocycles. The zero-order valence-electron chi connectivity index (χ0n) is 26.2. The van der Waals surface area contributed by atoms with E-state index in [-0.39, 0.29) is 30.9 Å². The number of likely N-dealkylation sites (tertiary alicyclic amines) is 1. The molecule has 2 saturated heterocycles. The Morgan fingerprint density at radius 1 is 0.851 bits per heavy atom. The van der Waals surface area contributed by atoms with Crippen molar-refractivity contribution in [2.24, 2.45) is 11.8 Å². The van der Waals surface area contributed by atoms with Gasteiger partial charge in [0.25, 0.3) is 5.91 Å². The number of aliphatic hydroxyl groups excluding tert-OH is 1. The highest BCUT2D eigenvalue weighted by atomic mass is 35.5. The number of benzene rings is 3. The Bertz CT molecular complexity index is 1750. The summed E-state index contributed by atoms with van der Waals surface area (Å²) in [5.41, 5.74) is 2.07. The second kappa shape index (κ2) is 12.2. The van der Waals surface area contributed by atoms with Gasteiger partial charge in [-0.05, 0) is 67.9 Å². The molecule has 8 nitrogen and oxygen atoms in total. The van der Waals surface area contributed by atoms with Gasteiger partial charge in [0, 0.05) is 34.2 Å². The van der Waals surface area contributed by atoms with Crippen LogP contribution >= 0.6 is 23.4 Å². The van der Waals surface area contributed by atoms with Gasteiger partial charge in [0.15, 0.2) is 0 Å². The van der Waals surface area contributed by atoms with Crippen molar-refractivity contribution in [1.82, 2.24) is 4.90 Å². The van der Waals surface area contributed by atoms with Crippen LogP contribution in [0.15, 0.2) is 103 Å². The van der Waals surface area contributed by atoms with Crippen LogP contribution in [-0.2, 0) is 14.4 Å². The number of amides is 3. The van der Waals surface area contributed by atoms with Crippen LogP contribution in [-0.4, -0.2) is 69.6 Å². The van der Waals surface area contributed by atoms with E-state index < -0.39 is 33.4 Å². The van der Waals surface area contributed by atoms with Crippen molar-refractivity contribution in [2.45, 2.75) is 35.4 Å². The van der Waals surface area contributed by atoms with Crippen LogP contribution in [0.25, 0.3) is 0 Å². The summed E-state index contributed by atoms with van der Waals surface area (Å²) >= 11 is 7.71. The molecule has 3 aromatic rings. The molecule has 0 saturated carbocycles. The minimum atomic E-state index is -1.07. The van der Waals surface area contributed by atoms with Crippen LogP contribution in [0.5, 0.6) is 5.75 Å². The standard InChI is InChI=1S/C37H36ClN3O5S/c1-3-46-28-17-15-27(16-18-28)39-21-7-19-36(2)30(33(39)43)31-34(44)41(29(23-42)24-9-5-4-6-10-24)32-35(45)40(22-8-20-37(31,32)47-36)26-13-11-25(38)12-14-26/h4-20,29-32,42H,3,21-23H2,1-2H3/t29-,30-,31+,32?,36+,37+/m1/s1. The molecule has 4 heterocycles. The molecule has 0 radical (unpaired) electrons. The van der Waals surface area contributed by atoms with E-state index in [4.69, 9.17) is 16.3 Å². The lowest BCUT2D eigenvalue weighted by Crippen LogP contribution is -2.54. The largest absolute Gasteiger partial charge is 0.494 e. The highest BCUT2D eigenvalue weighted by Crippen LogP contribution is 2.66. The van der Waals surface area contributed by atoms with Crippen LogP contribution in [0.1, 0.15) is 25.5 Å². The van der Waals surface area contributed by atoms with Gasteiger partial charge in [-0.15, -0.1) is 11.8 Å². The van der Waals surface area contributed by atoms with Gasteiger partial charge in [-0.3, -0.25) is 14.4 Å². The lowest BCUT2D eigenvalue weighted by Gasteiger charge is -2.40. The summed E-state index contributed by atoms with van der Waals surface area (Å²) in [7, 11) is 0. The second-order valence-electron chi connectivity index (χ2n) is 12.5. The topological polar surface area (TPSA) is 90.4 Å². The molecule has 7 rings (SSSR count). The number of ether oxygens (including phenoxy) is 1. The molecule has 6 atom stereocenters. The van der Waals surface area contributed by atoms with Crippen molar-refractivity contribution in [2.75, 3.05) is 36.1 Å². The number of carbonyl (C=O) groups is 3. The van der Waals surface area contributed by atoms with Gasteiger partial charge < -0.3 is 24.5 Å². The van der Waals surface area contributed by atoms with E-state index >= 15 is 4.79 Å². The van der Waals surface area contributed by atoms with E-state index in [9.17, 15) is 14.7 Å². The molecule has 1 unspecified atom stereocenters. The number of anilines is 2. The first-order valence-corrected chi connectivity index (χ1v) is 17.1. The SMILES string of the molecule is CCOc1ccc(N2CC=C[C@]3(C)S[C@]45C=CCN(c6ccc(Cl)cc6)C(=O)C4N([C@H](CO)c4ccccc4)C(=O)[C@@H]5[C@@H]3C2=O)cc1. The van der Waals surface area contributed by atoms with E-state index in [1.807, 2.05) is 92.7 Å². The number of hydrogen-bond donors (Lipinski definition) is 1. The smallest absolute Gasteiger partial charge is 0.251 e. The molecule has 4 aliphatic rings. The molecule has 1 spiro atoms. The summed E-state index contributed by atoms with van der Waals surface area (Å²) in [4.78, 5) is 49.7. The van der Waals surface area contributed by atoms with Gasteiger partial charge in [-0.1, -0.05) is 66.2 Å². The van der Waals surface area contributed by atoms with Crippen LogP contribution in [0.4, 0.5) is 11.4 Å². The Labute approximate surface area is 283 Å². The van der Waals surface area contributed by atoms with E-state index in [0.717, 1.165) is 0 Å². The minimum Gasteiger partial charge on any atom is -0.494 e. The molecule has 4 aliphatic heterocycles. The highest BCUT2D eigenvalue weighted by Gasteiger charge is 2.74. The molecular weight excluding hydrogens is 634 g/mol. The summed E-state index contributed by atoms with van der Waals surface area (Å²) in [6, 6.07) is 22.0. The predicted molar refractivity (Wildman–Crippen MR) is 185 cm³/mol. The number of hydrogen-bond acceptors (Lipinski definition) is 6. The quantitative estimate of drug-likeness (QED) is 0.327. The summed E-state index contributed by atoms with van der Waals surface area (Å²) in [5.74, 6) is -1.68. The molecule has 3 amide bonds. The molecular formula is C37H36ClN3O5S. The highest BCUT2D eigenvalue weighted by molar-refractivity contribution is 8.02. The first kappa shape index (κ1) is 31.5. The van der Waals surface area contributed by atoms with Gasteiger partial charge >= 0.3 is 0 Å². The third kappa shape index (κ3) is 5.07. The third-order valence-corrected chi connectivity index (χ3v) is 11.8. The number of nitrogens with zero attached hydrogens (tertiary/aromatic N) is 3. The molecule has 0 aromatic heterocycles. The summed E-state index contributed by atoms with van der Waals surface area (Å²) in [6.07, 6.45) is 7.95. The first-order valence-electron chi connectivity index (χ1n) is 15.9. The Kier molecular flexibility index (Phi) is 8.18. The normalized spacial score (nSPS) is 28.9. The zero-order valence-corrected chi connectivity index (χ0v) is 27.7. The van der Waals surface area contributed by atoms with Crippen molar-refractivity contribution >= 4 is 52.5 Å². The number of aliphatic hydroxyl groups is 1. The minimum absolute atomic E-state index is 0.176. The van der Waals surface area contributed by atoms with E-state index in [1.165, 1.54) is 11.8 Å². The van der Waals surface area contributed by atoms with E-state index in [0.29, 0.717) is 40.9 Å². The van der Waals surface area contributed by atoms with Crippen LogP contribution < -0.4 is 14.5 Å². The fourth-order valence-electron chi connectivity index (χ4n) is 7.80. The van der Waals surface area contributed by atoms with Crippen molar-refractivity contribution in [3.05, 3.63) is 114 Å². The van der Waals surface area contributed by atoms with Gasteiger partial charge in [0.05, 0.1) is 35.8 Å². The number of halogens is 1. The fourth-order valence-corrected chi connectivity index (χ4v) is 10.1. The van der Waals surface area contributed by atoms with Crippen molar-refractivity contribution < 1.29 is 24.2 Å². The van der Waals surface area contributed by atoms with Crippen molar-refractivity contribution in [1.29, 1.82) is 0 Å². The summed E-state index contributed by atoms with van der Waals surface area (Å²) < 4.78 is 3.78. The molecule has 0 aliphatic carbocycles. The Balaban J connectivity index is 1.36. The van der Waals surface area contributed by atoms with E-state index in [1.54, 1.807) is 39.0 Å². The maximum atomic E-state index is 15.1. The number of carbonyl (C=O) groups excluding carboxylic acids is 3. The van der Waals surface area contributed by atoms with Crippen LogP contribution in [0, 0.1) is 11.8 Å². The average molecular weight is 670 g/mol. The number of thioether (sulfide) groups is 1. The molecule has 1 N–H and O–H groups in total. The van der Waals surface area contributed by atoms with Gasteiger partial charge in [-0.2, -0.15) is 0 Å². The Morgan fingerprint density at radius 3 is 2.11 bits per heavy atom. The number of rotatable bonds is 7. The summed E-state index contributed by atoms with van der Waals surface area (Å²) in [5, 5.41) is 11.4. The Morgan fingerprint density at radius 2 is 1.47 bits per heavy atom. The predicted octanol–water partition coefficient (Wildman–Crippen LogP) is 5.67. The van der Waals surface area contributed by atoms with Crippen LogP contribution in [0.3, 0.4) is 0 Å². The van der Waals surface area contributed by atoms with E-state index in [2.05, 4.69) is 0 Å². The van der Waals surface area contributed by atoms with Gasteiger partial charge in [-0.25, -0.2) is 0 Å². The fraction of sp³-hybridized carbons (Fsp3) is 0.324. The summed E-state index contributed by atoms with van der Waals surface area (Å²) in [6.45, 7) is 4.70. The van der Waals surface area contributed by atoms with Gasteiger partial charge in [0.1, 0.15) is 11.8 Å². The lowest BCUT2D eigenvalue weighted by molar-refractivity contribution is -0.142. The third-order valence-electron chi connectivity index (χ3n) is 9.79. The molecule has 10 heteroatoms. The van der Waals surface area contributed by atoms with Crippen molar-refractivity contribution in [3.63, 3.8) is 0 Å². The zero-order chi connectivity index (χ0) is 32.9. The maximum Gasteiger partial charge on any atom is 0.251 e. The monoisotopic (exact) mass is 669 g/mol. The number of fused-ring (bicyclic) bond motifs is 2. The van der Waals surface area contributed by atoms with Gasteiger partial charge in [0.2, 0.25) is 11.8 Å². The average Bonchev–Trinajstić information content (AvgIpc) is 3.34.